The Kier molecular flexibility index (Phi) is 3.89. The standard InChI is InChI=1S/C21H21N5O2/c1-13-7-8-25(20(27)19-10-15-5-3-4-6-18(15)28-19)11-16(13)17-9-14(2)24-21-22-12-23-26(17)21/h3-6,9-10,12-13,16H,7-8,11H2,1-2H3/t13-,16-/m1/s1. The van der Waals surface area contributed by atoms with Gasteiger partial charge in [0, 0.05) is 30.1 Å². The number of rotatable bonds is 2. The maximum atomic E-state index is 13.1. The molecule has 7 heteroatoms. The lowest BCUT2D eigenvalue weighted by Gasteiger charge is -2.36. The van der Waals surface area contributed by atoms with E-state index in [1.807, 2.05) is 42.2 Å². The summed E-state index contributed by atoms with van der Waals surface area (Å²) in [7, 11) is 0. The van der Waals surface area contributed by atoms with E-state index in [4.69, 9.17) is 4.42 Å². The number of carbonyl (C=O) groups excluding carboxylic acids is 1. The van der Waals surface area contributed by atoms with Crippen LogP contribution in [0.15, 0.2) is 47.1 Å². The minimum absolute atomic E-state index is 0.0614. The lowest BCUT2D eigenvalue weighted by atomic mass is 9.84. The molecule has 7 nitrogen and oxygen atoms in total. The first-order valence-electron chi connectivity index (χ1n) is 9.55. The Balaban J connectivity index is 1.47. The number of likely N-dealkylation sites (tertiary alicyclic amines) is 1. The Morgan fingerprint density at radius 3 is 2.96 bits per heavy atom. The van der Waals surface area contributed by atoms with Crippen molar-refractivity contribution in [2.24, 2.45) is 5.92 Å². The van der Waals surface area contributed by atoms with E-state index in [9.17, 15) is 4.79 Å². The summed E-state index contributed by atoms with van der Waals surface area (Å²) in [5.74, 6) is 1.52. The highest BCUT2D eigenvalue weighted by Crippen LogP contribution is 2.33. The molecule has 28 heavy (non-hydrogen) atoms. The van der Waals surface area contributed by atoms with Gasteiger partial charge in [0.15, 0.2) is 5.76 Å². The molecule has 1 aromatic carbocycles. The first-order chi connectivity index (χ1) is 13.6. The van der Waals surface area contributed by atoms with E-state index in [0.717, 1.165) is 35.3 Å². The number of furan rings is 1. The van der Waals surface area contributed by atoms with Crippen molar-refractivity contribution in [3.05, 3.63) is 59.9 Å². The largest absolute Gasteiger partial charge is 0.451 e. The maximum Gasteiger partial charge on any atom is 0.289 e. The van der Waals surface area contributed by atoms with Crippen LogP contribution < -0.4 is 0 Å². The molecule has 1 amide bonds. The Hall–Kier alpha value is -3.22. The average molecular weight is 375 g/mol. The minimum atomic E-state index is -0.0614. The summed E-state index contributed by atoms with van der Waals surface area (Å²) in [4.78, 5) is 23.7. The minimum Gasteiger partial charge on any atom is -0.451 e. The third kappa shape index (κ3) is 2.74. The van der Waals surface area contributed by atoms with E-state index in [-0.39, 0.29) is 11.8 Å². The predicted octanol–water partition coefficient (Wildman–Crippen LogP) is 3.44. The molecule has 2 atom stereocenters. The number of hydrogen-bond acceptors (Lipinski definition) is 5. The van der Waals surface area contributed by atoms with E-state index in [1.54, 1.807) is 4.52 Å². The van der Waals surface area contributed by atoms with Crippen LogP contribution in [-0.2, 0) is 0 Å². The van der Waals surface area contributed by atoms with Crippen LogP contribution in [0.1, 0.15) is 41.2 Å². The van der Waals surface area contributed by atoms with Crippen LogP contribution in [0.3, 0.4) is 0 Å². The molecule has 5 rings (SSSR count). The van der Waals surface area contributed by atoms with Crippen LogP contribution >= 0.6 is 0 Å². The molecule has 0 bridgehead atoms. The average Bonchev–Trinajstić information content (AvgIpc) is 3.33. The van der Waals surface area contributed by atoms with E-state index in [2.05, 4.69) is 28.1 Å². The van der Waals surface area contributed by atoms with Crippen molar-refractivity contribution < 1.29 is 9.21 Å². The van der Waals surface area contributed by atoms with Crippen molar-refractivity contribution in [1.82, 2.24) is 24.5 Å². The third-order valence-corrected chi connectivity index (χ3v) is 5.67. The quantitative estimate of drug-likeness (QED) is 0.536. The molecule has 0 unspecified atom stereocenters. The van der Waals surface area contributed by atoms with Crippen LogP contribution in [0.2, 0.25) is 0 Å². The van der Waals surface area contributed by atoms with Crippen LogP contribution in [0.25, 0.3) is 16.7 Å². The van der Waals surface area contributed by atoms with Gasteiger partial charge in [0.1, 0.15) is 11.9 Å². The van der Waals surface area contributed by atoms with E-state index < -0.39 is 0 Å². The van der Waals surface area contributed by atoms with Crippen LogP contribution in [-0.4, -0.2) is 43.5 Å². The van der Waals surface area contributed by atoms with Gasteiger partial charge in [-0.05, 0) is 37.5 Å². The molecule has 1 aliphatic heterocycles. The summed E-state index contributed by atoms with van der Waals surface area (Å²) in [5.41, 5.74) is 2.69. The number of nitrogens with zero attached hydrogens (tertiary/aromatic N) is 5. The molecular weight excluding hydrogens is 354 g/mol. The topological polar surface area (TPSA) is 76.5 Å². The summed E-state index contributed by atoms with van der Waals surface area (Å²) < 4.78 is 7.59. The Bertz CT molecular complexity index is 1140. The van der Waals surface area contributed by atoms with E-state index >= 15 is 0 Å². The predicted molar refractivity (Wildman–Crippen MR) is 104 cm³/mol. The van der Waals surface area contributed by atoms with E-state index in [0.29, 0.717) is 24.0 Å². The van der Waals surface area contributed by atoms with Crippen molar-refractivity contribution in [3.63, 3.8) is 0 Å². The van der Waals surface area contributed by atoms with Crippen LogP contribution in [0.5, 0.6) is 0 Å². The Morgan fingerprint density at radius 1 is 1.25 bits per heavy atom. The normalized spacial score (nSPS) is 20.1. The molecule has 0 saturated carbocycles. The lowest BCUT2D eigenvalue weighted by molar-refractivity contribution is 0.0636. The summed E-state index contributed by atoms with van der Waals surface area (Å²) >= 11 is 0. The lowest BCUT2D eigenvalue weighted by Crippen LogP contribution is -2.42. The zero-order valence-electron chi connectivity index (χ0n) is 15.9. The molecule has 142 valence electrons. The highest BCUT2D eigenvalue weighted by molar-refractivity contribution is 5.96. The second-order valence-electron chi connectivity index (χ2n) is 7.57. The fraction of sp³-hybridized carbons (Fsp3) is 0.333. The first-order valence-corrected chi connectivity index (χ1v) is 9.55. The molecule has 0 radical (unpaired) electrons. The van der Waals surface area contributed by atoms with Crippen LogP contribution in [0.4, 0.5) is 0 Å². The molecule has 4 heterocycles. The monoisotopic (exact) mass is 375 g/mol. The number of aryl methyl sites for hydroxylation is 1. The van der Waals surface area contributed by atoms with Crippen LogP contribution in [0, 0.1) is 12.8 Å². The maximum absolute atomic E-state index is 13.1. The molecule has 0 aliphatic carbocycles. The highest BCUT2D eigenvalue weighted by atomic mass is 16.3. The Morgan fingerprint density at radius 2 is 2.11 bits per heavy atom. The van der Waals surface area contributed by atoms with Gasteiger partial charge < -0.3 is 9.32 Å². The second kappa shape index (κ2) is 6.44. The summed E-state index contributed by atoms with van der Waals surface area (Å²) in [6.07, 6.45) is 2.45. The fourth-order valence-electron chi connectivity index (χ4n) is 4.10. The second-order valence-corrected chi connectivity index (χ2v) is 7.57. The van der Waals surface area contributed by atoms with Gasteiger partial charge in [-0.25, -0.2) is 9.50 Å². The van der Waals surface area contributed by atoms with Crippen molar-refractivity contribution >= 4 is 22.7 Å². The summed E-state index contributed by atoms with van der Waals surface area (Å²) in [5, 5.41) is 5.29. The number of fused-ring (bicyclic) bond motifs is 2. The van der Waals surface area contributed by atoms with Gasteiger partial charge in [0.2, 0.25) is 0 Å². The summed E-state index contributed by atoms with van der Waals surface area (Å²) in [6, 6.07) is 11.6. The molecule has 1 saturated heterocycles. The number of carbonyl (C=O) groups is 1. The molecule has 4 aromatic rings. The highest BCUT2D eigenvalue weighted by Gasteiger charge is 2.33. The number of para-hydroxylation sites is 1. The number of piperidine rings is 1. The number of hydrogen-bond donors (Lipinski definition) is 0. The molecule has 3 aromatic heterocycles. The van der Waals surface area contributed by atoms with Crippen molar-refractivity contribution in [1.29, 1.82) is 0 Å². The molecule has 1 aliphatic rings. The van der Waals surface area contributed by atoms with Gasteiger partial charge in [-0.15, -0.1) is 0 Å². The zero-order valence-corrected chi connectivity index (χ0v) is 15.9. The molecule has 1 fully saturated rings. The smallest absolute Gasteiger partial charge is 0.289 e. The molecular formula is C21H21N5O2. The fourth-order valence-corrected chi connectivity index (χ4v) is 4.10. The van der Waals surface area contributed by atoms with E-state index in [1.165, 1.54) is 6.33 Å². The van der Waals surface area contributed by atoms with Gasteiger partial charge in [-0.2, -0.15) is 10.1 Å². The van der Waals surface area contributed by atoms with Gasteiger partial charge in [-0.1, -0.05) is 25.1 Å². The molecule has 0 N–H and O–H groups in total. The van der Waals surface area contributed by atoms with Crippen molar-refractivity contribution in [2.75, 3.05) is 13.1 Å². The first kappa shape index (κ1) is 16.9. The van der Waals surface area contributed by atoms with Crippen molar-refractivity contribution in [3.8, 4) is 0 Å². The summed E-state index contributed by atoms with van der Waals surface area (Å²) in [6.45, 7) is 5.53. The number of benzene rings is 1. The van der Waals surface area contributed by atoms with Gasteiger partial charge in [0.25, 0.3) is 11.7 Å². The third-order valence-electron chi connectivity index (χ3n) is 5.67. The zero-order chi connectivity index (χ0) is 19.3. The van der Waals surface area contributed by atoms with Gasteiger partial charge in [0.05, 0.1) is 5.69 Å². The Labute approximate surface area is 162 Å². The van der Waals surface area contributed by atoms with Crippen molar-refractivity contribution in [2.45, 2.75) is 26.2 Å². The SMILES string of the molecule is Cc1cc([C@@H]2CN(C(=O)c3cc4ccccc4o3)CC[C@H]2C)n2ncnc2n1. The van der Waals surface area contributed by atoms with Gasteiger partial charge >= 0.3 is 0 Å². The number of aromatic nitrogens is 4. The molecule has 0 spiro atoms. The van der Waals surface area contributed by atoms with Gasteiger partial charge in [-0.3, -0.25) is 4.79 Å². The number of amides is 1.